The summed E-state index contributed by atoms with van der Waals surface area (Å²) >= 11 is 5.10. The van der Waals surface area contributed by atoms with Crippen LogP contribution in [0.1, 0.15) is 24.8 Å². The molecule has 1 aromatic heterocycles. The summed E-state index contributed by atoms with van der Waals surface area (Å²) in [6.45, 7) is 2.95. The third-order valence-electron chi connectivity index (χ3n) is 3.38. The van der Waals surface area contributed by atoms with E-state index < -0.39 is 0 Å². The molecule has 0 aliphatic carbocycles. The Morgan fingerprint density at radius 2 is 2.50 bits per heavy atom. The summed E-state index contributed by atoms with van der Waals surface area (Å²) in [5.41, 5.74) is 0. The summed E-state index contributed by atoms with van der Waals surface area (Å²) < 4.78 is 6.57. The minimum atomic E-state index is 0.0530. The summed E-state index contributed by atoms with van der Waals surface area (Å²) in [5.74, 6) is 0.859. The summed E-state index contributed by atoms with van der Waals surface area (Å²) in [6, 6.07) is 2.42. The van der Waals surface area contributed by atoms with Gasteiger partial charge in [-0.05, 0) is 25.5 Å². The predicted molar refractivity (Wildman–Crippen MR) is 62.7 cm³/mol. The maximum atomic E-state index is 5.85. The second-order valence-electron chi connectivity index (χ2n) is 4.43. The summed E-state index contributed by atoms with van der Waals surface area (Å²) in [5, 5.41) is 0. The number of nitrogens with zero attached hydrogens (tertiary/aromatic N) is 2. The van der Waals surface area contributed by atoms with Gasteiger partial charge < -0.3 is 9.72 Å². The van der Waals surface area contributed by atoms with Crippen molar-refractivity contribution in [3.63, 3.8) is 0 Å². The highest BCUT2D eigenvalue weighted by Gasteiger charge is 2.33. The first kappa shape index (κ1) is 10.4. The lowest BCUT2D eigenvalue weighted by molar-refractivity contribution is -0.0541. The number of rotatable bonds is 1. The van der Waals surface area contributed by atoms with Gasteiger partial charge in [0.2, 0.25) is 0 Å². The van der Waals surface area contributed by atoms with Gasteiger partial charge in [-0.25, -0.2) is 4.98 Å². The third kappa shape index (κ3) is 1.90. The molecule has 0 saturated carbocycles. The van der Waals surface area contributed by atoms with Crippen molar-refractivity contribution >= 4 is 12.2 Å². The van der Waals surface area contributed by atoms with Crippen LogP contribution < -0.4 is 0 Å². The van der Waals surface area contributed by atoms with E-state index in [0.717, 1.165) is 23.6 Å². The van der Waals surface area contributed by atoms with E-state index in [4.69, 9.17) is 17.0 Å². The highest BCUT2D eigenvalue weighted by Crippen LogP contribution is 2.28. The smallest absolute Gasteiger partial charge is 0.137 e. The van der Waals surface area contributed by atoms with E-state index >= 15 is 0 Å². The van der Waals surface area contributed by atoms with Crippen LogP contribution in [0.2, 0.25) is 0 Å². The fourth-order valence-electron chi connectivity index (χ4n) is 2.53. The Balaban J connectivity index is 1.79. The molecule has 1 aromatic rings. The van der Waals surface area contributed by atoms with Crippen LogP contribution in [0.5, 0.6) is 0 Å². The third-order valence-corrected chi connectivity index (χ3v) is 3.62. The first-order valence-corrected chi connectivity index (χ1v) is 6.14. The minimum Gasteiger partial charge on any atom is -0.367 e. The van der Waals surface area contributed by atoms with Crippen molar-refractivity contribution in [1.29, 1.82) is 0 Å². The van der Waals surface area contributed by atoms with E-state index in [0.29, 0.717) is 6.04 Å². The summed E-state index contributed by atoms with van der Waals surface area (Å²) in [6.07, 6.45) is 4.36. The Morgan fingerprint density at radius 1 is 1.56 bits per heavy atom. The maximum Gasteiger partial charge on any atom is 0.137 e. The molecule has 2 aliphatic heterocycles. The molecule has 0 bridgehead atoms. The largest absolute Gasteiger partial charge is 0.367 e. The number of nitrogens with one attached hydrogen (secondary N) is 1. The molecular formula is C11H15N3OS. The molecule has 0 aromatic carbocycles. The molecule has 16 heavy (non-hydrogen) atoms. The van der Waals surface area contributed by atoms with Crippen LogP contribution in [0, 0.1) is 4.64 Å². The van der Waals surface area contributed by atoms with Gasteiger partial charge in [-0.2, -0.15) is 0 Å². The van der Waals surface area contributed by atoms with Gasteiger partial charge in [0.1, 0.15) is 16.6 Å². The highest BCUT2D eigenvalue weighted by atomic mass is 32.1. The van der Waals surface area contributed by atoms with Crippen molar-refractivity contribution in [2.75, 3.05) is 19.7 Å². The number of ether oxygens (including phenoxy) is 1. The standard InChI is InChI=1S/C11H15N3OS/c16-10-3-4-12-11(13-10)9-6-14-5-1-2-8(14)7-15-9/h3-4,8-9H,1-2,5-7H2,(H,12,13,16). The van der Waals surface area contributed by atoms with Gasteiger partial charge in [0, 0.05) is 18.8 Å². The number of hydrogen-bond donors (Lipinski definition) is 1. The van der Waals surface area contributed by atoms with Gasteiger partial charge in [0.25, 0.3) is 0 Å². The fraction of sp³-hybridized carbons (Fsp3) is 0.636. The highest BCUT2D eigenvalue weighted by molar-refractivity contribution is 7.71. The average Bonchev–Trinajstić information content (AvgIpc) is 2.75. The van der Waals surface area contributed by atoms with Gasteiger partial charge in [0.15, 0.2) is 0 Å². The molecule has 1 N–H and O–H groups in total. The topological polar surface area (TPSA) is 41.2 Å². The van der Waals surface area contributed by atoms with Crippen LogP contribution >= 0.6 is 12.2 Å². The van der Waals surface area contributed by atoms with Gasteiger partial charge in [-0.1, -0.05) is 12.2 Å². The zero-order chi connectivity index (χ0) is 11.0. The van der Waals surface area contributed by atoms with E-state index in [2.05, 4.69) is 14.9 Å². The Morgan fingerprint density at radius 3 is 3.38 bits per heavy atom. The first-order chi connectivity index (χ1) is 7.83. The second-order valence-corrected chi connectivity index (χ2v) is 4.87. The molecule has 0 amide bonds. The number of aromatic amines is 1. The van der Waals surface area contributed by atoms with Crippen LogP contribution in [0.3, 0.4) is 0 Å². The Labute approximate surface area is 99.6 Å². The Kier molecular flexibility index (Phi) is 2.75. The molecule has 2 saturated heterocycles. The normalized spacial score (nSPS) is 30.2. The number of morpholine rings is 1. The molecule has 0 radical (unpaired) electrons. The Hall–Kier alpha value is -0.780. The van der Waals surface area contributed by atoms with E-state index in [1.165, 1.54) is 19.4 Å². The zero-order valence-corrected chi connectivity index (χ0v) is 9.87. The zero-order valence-electron chi connectivity index (χ0n) is 9.06. The van der Waals surface area contributed by atoms with Crippen molar-refractivity contribution < 1.29 is 4.74 Å². The molecule has 2 aliphatic rings. The molecule has 86 valence electrons. The van der Waals surface area contributed by atoms with E-state index in [1.54, 1.807) is 12.3 Å². The number of H-pyrrole nitrogens is 1. The van der Waals surface area contributed by atoms with Crippen LogP contribution in [0.25, 0.3) is 0 Å². The van der Waals surface area contributed by atoms with Gasteiger partial charge in [-0.3, -0.25) is 4.90 Å². The molecule has 5 heteroatoms. The van der Waals surface area contributed by atoms with E-state index in [9.17, 15) is 0 Å². The quantitative estimate of drug-likeness (QED) is 0.754. The molecule has 0 spiro atoms. The molecule has 3 rings (SSSR count). The van der Waals surface area contributed by atoms with Crippen molar-refractivity contribution in [1.82, 2.24) is 14.9 Å². The Bertz CT molecular complexity index is 433. The SMILES string of the molecule is S=c1ccnc(C2CN3CCCC3CO2)[nH]1. The number of aromatic nitrogens is 2. The van der Waals surface area contributed by atoms with Crippen LogP contribution in [0.4, 0.5) is 0 Å². The lowest BCUT2D eigenvalue weighted by Crippen LogP contribution is -2.42. The van der Waals surface area contributed by atoms with Crippen molar-refractivity contribution in [2.45, 2.75) is 25.0 Å². The molecule has 2 unspecified atom stereocenters. The lowest BCUT2D eigenvalue weighted by Gasteiger charge is -2.34. The molecule has 2 atom stereocenters. The van der Waals surface area contributed by atoms with Gasteiger partial charge in [0.05, 0.1) is 6.61 Å². The molecule has 4 nitrogen and oxygen atoms in total. The van der Waals surface area contributed by atoms with E-state index in [1.807, 2.05) is 0 Å². The maximum absolute atomic E-state index is 5.85. The number of fused-ring (bicyclic) bond motifs is 1. The van der Waals surface area contributed by atoms with Gasteiger partial charge in [-0.15, -0.1) is 0 Å². The summed E-state index contributed by atoms with van der Waals surface area (Å²) in [7, 11) is 0. The minimum absolute atomic E-state index is 0.0530. The predicted octanol–water partition coefficient (Wildman–Crippen LogP) is 1.67. The molecule has 3 heterocycles. The second kappa shape index (κ2) is 4.24. The lowest BCUT2D eigenvalue weighted by atomic mass is 10.2. The van der Waals surface area contributed by atoms with Crippen molar-refractivity contribution in [3.05, 3.63) is 22.7 Å². The average molecular weight is 237 g/mol. The van der Waals surface area contributed by atoms with Crippen LogP contribution in [0.15, 0.2) is 12.3 Å². The molecule has 2 fully saturated rings. The van der Waals surface area contributed by atoms with Gasteiger partial charge >= 0.3 is 0 Å². The first-order valence-electron chi connectivity index (χ1n) is 5.74. The van der Waals surface area contributed by atoms with E-state index in [-0.39, 0.29) is 6.10 Å². The number of hydrogen-bond acceptors (Lipinski definition) is 4. The van der Waals surface area contributed by atoms with Crippen LogP contribution in [-0.2, 0) is 4.74 Å². The van der Waals surface area contributed by atoms with Crippen molar-refractivity contribution in [2.24, 2.45) is 0 Å². The van der Waals surface area contributed by atoms with Crippen molar-refractivity contribution in [3.8, 4) is 0 Å². The van der Waals surface area contributed by atoms with Crippen LogP contribution in [-0.4, -0.2) is 40.6 Å². The monoisotopic (exact) mass is 237 g/mol. The molecular weight excluding hydrogens is 222 g/mol. The fourth-order valence-corrected chi connectivity index (χ4v) is 2.70. The summed E-state index contributed by atoms with van der Waals surface area (Å²) in [4.78, 5) is 9.91.